The van der Waals surface area contributed by atoms with Gasteiger partial charge in [0.2, 0.25) is 5.95 Å². The fourth-order valence-electron chi connectivity index (χ4n) is 3.40. The van der Waals surface area contributed by atoms with Crippen LogP contribution in [0.3, 0.4) is 0 Å². The Balaban J connectivity index is 2.18. The van der Waals surface area contributed by atoms with E-state index >= 15 is 0 Å². The zero-order chi connectivity index (χ0) is 20.5. The van der Waals surface area contributed by atoms with Crippen LogP contribution in [0.4, 0.5) is 5.95 Å². The van der Waals surface area contributed by atoms with Gasteiger partial charge in [0, 0.05) is 51.5 Å². The largest absolute Gasteiger partial charge is 0.347 e. The number of benzene rings is 1. The van der Waals surface area contributed by atoms with Crippen LogP contribution in [-0.2, 0) is 10.2 Å². The van der Waals surface area contributed by atoms with E-state index in [9.17, 15) is 8.42 Å². The second kappa shape index (κ2) is 8.32. The first-order chi connectivity index (χ1) is 13.2. The van der Waals surface area contributed by atoms with Crippen LogP contribution in [-0.4, -0.2) is 61.7 Å². The minimum Gasteiger partial charge on any atom is -0.347 e. The maximum atomic E-state index is 13.0. The first-order valence-corrected chi connectivity index (χ1v) is 11.0. The number of hydrogen-bond acceptors (Lipinski definition) is 5. The van der Waals surface area contributed by atoms with Gasteiger partial charge in [0.25, 0.3) is 10.2 Å². The summed E-state index contributed by atoms with van der Waals surface area (Å²) in [5.41, 5.74) is 2.39. The lowest BCUT2D eigenvalue weighted by Gasteiger charge is -2.36. The Morgan fingerprint density at radius 3 is 2.57 bits per heavy atom. The van der Waals surface area contributed by atoms with Gasteiger partial charge in [0.15, 0.2) is 0 Å². The Morgan fingerprint density at radius 1 is 1.18 bits per heavy atom. The summed E-state index contributed by atoms with van der Waals surface area (Å²) in [5, 5.41) is 0.613. The van der Waals surface area contributed by atoms with Gasteiger partial charge in [-0.25, -0.2) is 9.97 Å². The van der Waals surface area contributed by atoms with Crippen molar-refractivity contribution in [2.75, 3.05) is 39.6 Å². The van der Waals surface area contributed by atoms with Gasteiger partial charge in [-0.2, -0.15) is 17.0 Å². The first kappa shape index (κ1) is 21.0. The van der Waals surface area contributed by atoms with Crippen molar-refractivity contribution in [2.45, 2.75) is 25.3 Å². The predicted octanol–water partition coefficient (Wildman–Crippen LogP) is 3.20. The number of piperidine rings is 1. The maximum Gasteiger partial charge on any atom is 0.282 e. The van der Waals surface area contributed by atoms with E-state index in [2.05, 4.69) is 4.98 Å². The lowest BCUT2D eigenvalue weighted by Crippen LogP contribution is -2.45. The highest BCUT2D eigenvalue weighted by molar-refractivity contribution is 7.86. The molecule has 28 heavy (non-hydrogen) atoms. The minimum absolute atomic E-state index is 0.350. The van der Waals surface area contributed by atoms with Crippen LogP contribution in [0.5, 0.6) is 0 Å². The fraction of sp³-hybridized carbons (Fsp3) is 0.474. The van der Waals surface area contributed by atoms with Crippen LogP contribution < -0.4 is 4.90 Å². The van der Waals surface area contributed by atoms with Gasteiger partial charge in [0.1, 0.15) is 0 Å². The third-order valence-electron chi connectivity index (χ3n) is 4.87. The van der Waals surface area contributed by atoms with Gasteiger partial charge in [-0.15, -0.1) is 0 Å². The lowest BCUT2D eigenvalue weighted by molar-refractivity contribution is 0.239. The molecule has 0 aliphatic carbocycles. The second-order valence-electron chi connectivity index (χ2n) is 7.29. The maximum absolute atomic E-state index is 13.0. The Morgan fingerprint density at radius 2 is 1.93 bits per heavy atom. The summed E-state index contributed by atoms with van der Waals surface area (Å²) in [7, 11) is 3.29. The highest BCUT2D eigenvalue weighted by Gasteiger charge is 2.37. The third kappa shape index (κ3) is 4.15. The van der Waals surface area contributed by atoms with E-state index in [0.717, 1.165) is 24.0 Å². The predicted molar refractivity (Wildman–Crippen MR) is 113 cm³/mol. The first-order valence-electron chi connectivity index (χ1n) is 9.21. The summed E-state index contributed by atoms with van der Waals surface area (Å²) in [6.45, 7) is 0.474. The molecule has 1 saturated heterocycles. The Bertz CT molecular complexity index is 949. The SMILES string of the molecule is CN(C)c1ncc(-c2cccc(Cl)c2)c([C@H]2CCCCN2S(=O)(=O)N(C)C)n1. The average Bonchev–Trinajstić information content (AvgIpc) is 2.67. The molecule has 152 valence electrons. The molecule has 0 radical (unpaired) electrons. The molecule has 1 aromatic heterocycles. The molecule has 0 spiro atoms. The zero-order valence-electron chi connectivity index (χ0n) is 16.6. The average molecular weight is 424 g/mol. The molecule has 0 N–H and O–H groups in total. The lowest BCUT2D eigenvalue weighted by atomic mass is 9.95. The van der Waals surface area contributed by atoms with Crippen LogP contribution >= 0.6 is 11.6 Å². The van der Waals surface area contributed by atoms with Gasteiger partial charge in [-0.1, -0.05) is 30.2 Å². The molecule has 2 heterocycles. The van der Waals surface area contributed by atoms with Crippen LogP contribution in [0.25, 0.3) is 11.1 Å². The minimum atomic E-state index is -3.57. The normalized spacial score (nSPS) is 18.4. The summed E-state index contributed by atoms with van der Waals surface area (Å²) in [5.74, 6) is 0.550. The van der Waals surface area contributed by atoms with Gasteiger partial charge < -0.3 is 4.90 Å². The number of hydrogen-bond donors (Lipinski definition) is 0. The van der Waals surface area contributed by atoms with Gasteiger partial charge in [-0.05, 0) is 30.5 Å². The van der Waals surface area contributed by atoms with E-state index in [1.54, 1.807) is 24.6 Å². The van der Waals surface area contributed by atoms with E-state index in [-0.39, 0.29) is 6.04 Å². The van der Waals surface area contributed by atoms with E-state index in [1.807, 2.05) is 43.3 Å². The van der Waals surface area contributed by atoms with E-state index in [0.29, 0.717) is 29.6 Å². The number of anilines is 1. The van der Waals surface area contributed by atoms with Crippen LogP contribution in [0.15, 0.2) is 30.5 Å². The molecule has 1 fully saturated rings. The fourth-order valence-corrected chi connectivity index (χ4v) is 4.89. The van der Waals surface area contributed by atoms with Crippen molar-refractivity contribution in [3.05, 3.63) is 41.2 Å². The number of halogens is 1. The van der Waals surface area contributed by atoms with Crippen molar-refractivity contribution in [3.63, 3.8) is 0 Å². The zero-order valence-corrected chi connectivity index (χ0v) is 18.2. The Hall–Kier alpha value is -1.74. The molecule has 1 aliphatic heterocycles. The summed E-state index contributed by atoms with van der Waals surface area (Å²) in [6.07, 6.45) is 4.25. The Labute approximate surface area is 172 Å². The molecular formula is C19H26ClN5O2S. The molecule has 0 unspecified atom stereocenters. The molecule has 9 heteroatoms. The molecule has 0 amide bonds. The van der Waals surface area contributed by atoms with Crippen molar-refractivity contribution < 1.29 is 8.42 Å². The number of aromatic nitrogens is 2. The quantitative estimate of drug-likeness (QED) is 0.738. The summed E-state index contributed by atoms with van der Waals surface area (Å²) >= 11 is 6.20. The van der Waals surface area contributed by atoms with Crippen molar-refractivity contribution in [1.29, 1.82) is 0 Å². The van der Waals surface area contributed by atoms with Gasteiger partial charge in [-0.3, -0.25) is 0 Å². The number of rotatable bonds is 5. The van der Waals surface area contributed by atoms with Gasteiger partial charge >= 0.3 is 0 Å². The highest BCUT2D eigenvalue weighted by atomic mass is 35.5. The standard InChI is InChI=1S/C19H26ClN5O2S/c1-23(2)19-21-13-16(14-8-7-9-15(20)12-14)18(22-19)17-10-5-6-11-25(17)28(26,27)24(3)4/h7-9,12-13,17H,5-6,10-11H2,1-4H3/t17-/m1/s1. The summed E-state index contributed by atoms with van der Waals surface area (Å²) in [6, 6.07) is 7.13. The van der Waals surface area contributed by atoms with Crippen molar-refractivity contribution in [1.82, 2.24) is 18.6 Å². The van der Waals surface area contributed by atoms with E-state index in [1.165, 1.54) is 4.31 Å². The molecule has 7 nitrogen and oxygen atoms in total. The van der Waals surface area contributed by atoms with Crippen LogP contribution in [0.2, 0.25) is 5.02 Å². The summed E-state index contributed by atoms with van der Waals surface area (Å²) < 4.78 is 28.8. The topological polar surface area (TPSA) is 69.6 Å². The second-order valence-corrected chi connectivity index (χ2v) is 9.82. The van der Waals surface area contributed by atoms with Crippen molar-refractivity contribution in [2.24, 2.45) is 0 Å². The molecule has 1 aliphatic rings. The summed E-state index contributed by atoms with van der Waals surface area (Å²) in [4.78, 5) is 11.0. The van der Waals surface area contributed by atoms with Crippen molar-refractivity contribution >= 4 is 27.8 Å². The smallest absolute Gasteiger partial charge is 0.282 e. The molecule has 0 saturated carbocycles. The molecular weight excluding hydrogens is 398 g/mol. The Kier molecular flexibility index (Phi) is 6.24. The highest BCUT2D eigenvalue weighted by Crippen LogP contribution is 2.38. The molecule has 0 bridgehead atoms. The monoisotopic (exact) mass is 423 g/mol. The number of nitrogens with zero attached hydrogens (tertiary/aromatic N) is 5. The molecule has 2 aromatic rings. The van der Waals surface area contributed by atoms with E-state index < -0.39 is 10.2 Å². The molecule has 1 atom stereocenters. The van der Waals surface area contributed by atoms with Crippen molar-refractivity contribution in [3.8, 4) is 11.1 Å². The van der Waals surface area contributed by atoms with Crippen LogP contribution in [0.1, 0.15) is 31.0 Å². The van der Waals surface area contributed by atoms with Gasteiger partial charge in [0.05, 0.1) is 11.7 Å². The molecule has 1 aromatic carbocycles. The third-order valence-corrected chi connectivity index (χ3v) is 7.06. The van der Waals surface area contributed by atoms with E-state index in [4.69, 9.17) is 16.6 Å². The molecule has 3 rings (SSSR count). The van der Waals surface area contributed by atoms with Crippen LogP contribution in [0, 0.1) is 0 Å².